The number of rotatable bonds is 9. The molecule has 3 atom stereocenters. The number of esters is 2. The Morgan fingerprint density at radius 1 is 1.08 bits per heavy atom. The van der Waals surface area contributed by atoms with Gasteiger partial charge in [-0.15, -0.1) is 6.58 Å². The Labute approximate surface area is 142 Å². The Morgan fingerprint density at radius 2 is 1.62 bits per heavy atom. The summed E-state index contributed by atoms with van der Waals surface area (Å²) in [5.41, 5.74) is 0. The molecule has 6 nitrogen and oxygen atoms in total. The monoisotopic (exact) mass is 336 g/mol. The van der Waals surface area contributed by atoms with Crippen molar-refractivity contribution in [2.24, 2.45) is 0 Å². The molecule has 1 aromatic rings. The third-order valence-corrected chi connectivity index (χ3v) is 3.23. The second-order valence-corrected chi connectivity index (χ2v) is 5.24. The topological polar surface area (TPSA) is 71.1 Å². The Hall–Kier alpha value is -2.50. The van der Waals surface area contributed by atoms with E-state index in [-0.39, 0.29) is 0 Å². The Morgan fingerprint density at radius 3 is 2.08 bits per heavy atom. The van der Waals surface area contributed by atoms with E-state index >= 15 is 0 Å². The molecule has 0 aliphatic rings. The summed E-state index contributed by atoms with van der Waals surface area (Å²) in [5, 5.41) is 0. The smallest absolute Gasteiger partial charge is 0.303 e. The second kappa shape index (κ2) is 9.60. The maximum absolute atomic E-state index is 11.4. The Kier molecular flexibility index (Phi) is 7.82. The van der Waals surface area contributed by atoms with Crippen LogP contribution in [0.2, 0.25) is 0 Å². The maximum Gasteiger partial charge on any atom is 0.303 e. The lowest BCUT2D eigenvalue weighted by molar-refractivity contribution is -0.172. The number of ether oxygens (including phenoxy) is 4. The molecule has 1 rings (SSSR count). The van der Waals surface area contributed by atoms with Gasteiger partial charge in [0.1, 0.15) is 23.7 Å². The number of carbonyl (C=O) groups excluding carboxylic acids is 2. The predicted octanol–water partition coefficient (Wildman–Crippen LogP) is 2.90. The summed E-state index contributed by atoms with van der Waals surface area (Å²) < 4.78 is 21.5. The molecule has 0 radical (unpaired) electrons. The molecule has 0 spiro atoms. The van der Waals surface area contributed by atoms with E-state index in [0.717, 1.165) is 0 Å². The van der Waals surface area contributed by atoms with Gasteiger partial charge in [-0.05, 0) is 31.2 Å². The van der Waals surface area contributed by atoms with Crippen LogP contribution in [0.3, 0.4) is 0 Å². The number of hydrogen-bond acceptors (Lipinski definition) is 6. The summed E-state index contributed by atoms with van der Waals surface area (Å²) in [6, 6.07) is 7.01. The van der Waals surface area contributed by atoms with Crippen LogP contribution < -0.4 is 9.47 Å². The predicted molar refractivity (Wildman–Crippen MR) is 89.0 cm³/mol. The molecule has 0 N–H and O–H groups in total. The van der Waals surface area contributed by atoms with Crippen molar-refractivity contribution in [3.63, 3.8) is 0 Å². The number of carbonyl (C=O) groups is 2. The van der Waals surface area contributed by atoms with Crippen LogP contribution >= 0.6 is 0 Å². The van der Waals surface area contributed by atoms with Gasteiger partial charge in [0, 0.05) is 20.3 Å². The highest BCUT2D eigenvalue weighted by atomic mass is 16.6. The first kappa shape index (κ1) is 19.5. The van der Waals surface area contributed by atoms with Crippen molar-refractivity contribution >= 4 is 11.9 Å². The average molecular weight is 336 g/mol. The summed E-state index contributed by atoms with van der Waals surface area (Å²) in [5.74, 6) is 0.346. The van der Waals surface area contributed by atoms with Gasteiger partial charge in [-0.3, -0.25) is 9.59 Å². The van der Waals surface area contributed by atoms with Crippen LogP contribution in [0.15, 0.2) is 36.9 Å². The van der Waals surface area contributed by atoms with Crippen LogP contribution in [0.4, 0.5) is 0 Å². The fourth-order valence-corrected chi connectivity index (χ4v) is 2.23. The summed E-state index contributed by atoms with van der Waals surface area (Å²) in [6.45, 7) is 7.99. The molecule has 0 heterocycles. The summed E-state index contributed by atoms with van der Waals surface area (Å²) in [7, 11) is 1.58. The summed E-state index contributed by atoms with van der Waals surface area (Å²) in [4.78, 5) is 22.7. The fourth-order valence-electron chi connectivity index (χ4n) is 2.23. The molecule has 0 bridgehead atoms. The van der Waals surface area contributed by atoms with Crippen LogP contribution in [0, 0.1) is 0 Å². The number of benzene rings is 1. The molecule has 132 valence electrons. The van der Waals surface area contributed by atoms with Gasteiger partial charge >= 0.3 is 11.9 Å². The third-order valence-electron chi connectivity index (χ3n) is 3.23. The second-order valence-electron chi connectivity index (χ2n) is 5.24. The fraction of sp³-hybridized carbons (Fsp3) is 0.444. The van der Waals surface area contributed by atoms with E-state index in [4.69, 9.17) is 18.9 Å². The highest BCUT2D eigenvalue weighted by Crippen LogP contribution is 2.22. The van der Waals surface area contributed by atoms with Crippen LogP contribution in [0.1, 0.15) is 27.2 Å². The van der Waals surface area contributed by atoms with Crippen molar-refractivity contribution in [3.05, 3.63) is 36.9 Å². The normalized spacial score (nSPS) is 14.0. The van der Waals surface area contributed by atoms with E-state index in [9.17, 15) is 9.59 Å². The summed E-state index contributed by atoms with van der Waals surface area (Å²) >= 11 is 0. The van der Waals surface area contributed by atoms with Crippen LogP contribution in [0.5, 0.6) is 11.5 Å². The number of methoxy groups -OCH3 is 1. The molecule has 0 aliphatic carbocycles. The first-order valence-electron chi connectivity index (χ1n) is 7.63. The molecule has 0 aliphatic heterocycles. The lowest BCUT2D eigenvalue weighted by atomic mass is 10.1. The van der Waals surface area contributed by atoms with Gasteiger partial charge in [0.2, 0.25) is 0 Å². The SMILES string of the molecule is C=CC[C@@H](OC(C)=O)[C@@H](OC(C)=O)[C@@H](C)Oc1ccc(OC)cc1. The van der Waals surface area contributed by atoms with E-state index in [0.29, 0.717) is 17.9 Å². The molecule has 0 unspecified atom stereocenters. The molecule has 0 saturated carbocycles. The molecular weight excluding hydrogens is 312 g/mol. The van der Waals surface area contributed by atoms with E-state index in [1.807, 2.05) is 0 Å². The minimum absolute atomic E-state index is 0.341. The van der Waals surface area contributed by atoms with Gasteiger partial charge in [0.05, 0.1) is 7.11 Å². The molecule has 6 heteroatoms. The summed E-state index contributed by atoms with van der Waals surface area (Å²) in [6.07, 6.45) is -0.0202. The molecular formula is C18H24O6. The zero-order chi connectivity index (χ0) is 18.1. The van der Waals surface area contributed by atoms with Gasteiger partial charge in [0.25, 0.3) is 0 Å². The van der Waals surface area contributed by atoms with Gasteiger partial charge in [-0.1, -0.05) is 6.08 Å². The molecule has 0 saturated heterocycles. The van der Waals surface area contributed by atoms with E-state index in [1.165, 1.54) is 13.8 Å². The largest absolute Gasteiger partial charge is 0.497 e. The highest BCUT2D eigenvalue weighted by molar-refractivity contribution is 5.67. The first-order valence-corrected chi connectivity index (χ1v) is 7.63. The molecule has 0 fully saturated rings. The first-order chi connectivity index (χ1) is 11.4. The van der Waals surface area contributed by atoms with Crippen molar-refractivity contribution in [3.8, 4) is 11.5 Å². The van der Waals surface area contributed by atoms with Crippen molar-refractivity contribution < 1.29 is 28.5 Å². The van der Waals surface area contributed by atoms with Crippen LogP contribution in [-0.2, 0) is 19.1 Å². The molecule has 0 aromatic heterocycles. The lowest BCUT2D eigenvalue weighted by Crippen LogP contribution is -2.44. The Bertz CT molecular complexity index is 551. The minimum atomic E-state index is -0.758. The van der Waals surface area contributed by atoms with Gasteiger partial charge in [-0.25, -0.2) is 0 Å². The lowest BCUT2D eigenvalue weighted by Gasteiger charge is -2.30. The van der Waals surface area contributed by atoms with Gasteiger partial charge < -0.3 is 18.9 Å². The van der Waals surface area contributed by atoms with Crippen molar-refractivity contribution in [2.45, 2.75) is 45.5 Å². The highest BCUT2D eigenvalue weighted by Gasteiger charge is 2.33. The zero-order valence-electron chi connectivity index (χ0n) is 14.5. The van der Waals surface area contributed by atoms with Crippen molar-refractivity contribution in [1.82, 2.24) is 0 Å². The quantitative estimate of drug-likeness (QED) is 0.510. The number of hydrogen-bond donors (Lipinski definition) is 0. The third kappa shape index (κ3) is 6.32. The molecule has 1 aromatic carbocycles. The zero-order valence-corrected chi connectivity index (χ0v) is 14.5. The minimum Gasteiger partial charge on any atom is -0.497 e. The van der Waals surface area contributed by atoms with E-state index in [2.05, 4.69) is 6.58 Å². The molecule has 24 heavy (non-hydrogen) atoms. The van der Waals surface area contributed by atoms with Crippen molar-refractivity contribution in [2.75, 3.05) is 7.11 Å². The molecule has 0 amide bonds. The van der Waals surface area contributed by atoms with Crippen LogP contribution in [0.25, 0.3) is 0 Å². The van der Waals surface area contributed by atoms with Crippen LogP contribution in [-0.4, -0.2) is 37.4 Å². The average Bonchev–Trinajstić information content (AvgIpc) is 2.52. The Balaban J connectivity index is 2.92. The van der Waals surface area contributed by atoms with E-state index in [1.54, 1.807) is 44.4 Å². The van der Waals surface area contributed by atoms with Gasteiger partial charge in [0.15, 0.2) is 6.10 Å². The van der Waals surface area contributed by atoms with Gasteiger partial charge in [-0.2, -0.15) is 0 Å². The van der Waals surface area contributed by atoms with E-state index < -0.39 is 30.3 Å². The van der Waals surface area contributed by atoms with Crippen molar-refractivity contribution in [1.29, 1.82) is 0 Å². The standard InChI is InChI=1S/C18H24O6/c1-6-7-17(23-13(3)19)18(24-14(4)20)12(2)22-16-10-8-15(21-5)9-11-16/h6,8-12,17-18H,1,7H2,2-5H3/t12-,17-,18+/m1/s1. The maximum atomic E-state index is 11.4.